The van der Waals surface area contributed by atoms with Gasteiger partial charge in [-0.15, -0.1) is 0 Å². The molecule has 1 atom stereocenters. The molecule has 4 rings (SSSR count). The third-order valence-corrected chi connectivity index (χ3v) is 5.93. The van der Waals surface area contributed by atoms with E-state index in [1.807, 2.05) is 31.2 Å². The van der Waals surface area contributed by atoms with Gasteiger partial charge in [0.1, 0.15) is 0 Å². The van der Waals surface area contributed by atoms with E-state index in [0.717, 1.165) is 29.5 Å². The lowest BCUT2D eigenvalue weighted by molar-refractivity contribution is -0.115. The fourth-order valence-electron chi connectivity index (χ4n) is 3.14. The van der Waals surface area contributed by atoms with Gasteiger partial charge in [-0.2, -0.15) is 0 Å². The van der Waals surface area contributed by atoms with Crippen molar-refractivity contribution in [2.45, 2.75) is 24.3 Å². The molecule has 8 heteroatoms. The number of hydrogen-bond donors (Lipinski definition) is 1. The van der Waals surface area contributed by atoms with E-state index in [1.54, 1.807) is 31.2 Å². The maximum absolute atomic E-state index is 13.5. The van der Waals surface area contributed by atoms with Crippen LogP contribution in [-0.4, -0.2) is 20.7 Å². The third-order valence-electron chi connectivity index (χ3n) is 4.88. The maximum atomic E-state index is 13.5. The molecule has 0 saturated heterocycles. The third kappa shape index (κ3) is 4.40. The van der Waals surface area contributed by atoms with Crippen molar-refractivity contribution in [2.75, 3.05) is 5.32 Å². The Balaban J connectivity index is 1.70. The summed E-state index contributed by atoms with van der Waals surface area (Å²) in [6.07, 6.45) is 0. The predicted octanol–water partition coefficient (Wildman–Crippen LogP) is 5.09. The number of nitrogens with one attached hydrogen (secondary N) is 1. The molecule has 1 heterocycles. The van der Waals surface area contributed by atoms with Crippen LogP contribution in [0.2, 0.25) is 0 Å². The second-order valence-corrected chi connectivity index (χ2v) is 8.57. The van der Waals surface area contributed by atoms with Crippen molar-refractivity contribution in [3.05, 3.63) is 94.3 Å². The van der Waals surface area contributed by atoms with Gasteiger partial charge in [0.15, 0.2) is 16.8 Å². The van der Waals surface area contributed by atoms with Crippen molar-refractivity contribution in [2.24, 2.45) is 0 Å². The van der Waals surface area contributed by atoms with Gasteiger partial charge < -0.3 is 5.32 Å². The Labute approximate surface area is 187 Å². The normalized spacial score (nSPS) is 12.0. The summed E-state index contributed by atoms with van der Waals surface area (Å²) >= 11 is 1.10. The van der Waals surface area contributed by atoms with Crippen molar-refractivity contribution in [3.63, 3.8) is 0 Å². The average molecular weight is 451 g/mol. The topological polar surface area (TPSA) is 64.0 Å². The number of hydrogen-bond acceptors (Lipinski definition) is 4. The van der Waals surface area contributed by atoms with Gasteiger partial charge in [-0.3, -0.25) is 14.2 Å². The molecule has 5 nitrogen and oxygen atoms in total. The second kappa shape index (κ2) is 8.92. The van der Waals surface area contributed by atoms with Crippen LogP contribution in [0.15, 0.2) is 76.7 Å². The van der Waals surface area contributed by atoms with E-state index < -0.39 is 22.8 Å². The summed E-state index contributed by atoms with van der Waals surface area (Å²) in [7, 11) is 0. The smallest absolute Gasteiger partial charge is 0.266 e. The molecular weight excluding hydrogens is 432 g/mol. The summed E-state index contributed by atoms with van der Waals surface area (Å²) in [6.45, 7) is 3.60. The Hall–Kier alpha value is -3.52. The van der Waals surface area contributed by atoms with Crippen LogP contribution in [0.5, 0.6) is 0 Å². The largest absolute Gasteiger partial charge is 0.325 e. The van der Waals surface area contributed by atoms with Crippen LogP contribution in [0.25, 0.3) is 16.6 Å². The molecule has 0 aliphatic heterocycles. The lowest BCUT2D eigenvalue weighted by Gasteiger charge is -2.16. The first-order chi connectivity index (χ1) is 15.3. The number of halogens is 2. The predicted molar refractivity (Wildman–Crippen MR) is 122 cm³/mol. The minimum absolute atomic E-state index is 0.142. The van der Waals surface area contributed by atoms with Gasteiger partial charge in [-0.05, 0) is 50.2 Å². The van der Waals surface area contributed by atoms with E-state index in [-0.39, 0.29) is 11.2 Å². The van der Waals surface area contributed by atoms with Crippen LogP contribution in [-0.2, 0) is 4.79 Å². The van der Waals surface area contributed by atoms with Gasteiger partial charge >= 0.3 is 0 Å². The first-order valence-corrected chi connectivity index (χ1v) is 10.7. The Morgan fingerprint density at radius 1 is 1.03 bits per heavy atom. The molecule has 0 fully saturated rings. The number of carbonyl (C=O) groups is 1. The van der Waals surface area contributed by atoms with E-state index in [1.165, 1.54) is 10.6 Å². The molecule has 1 amide bonds. The molecule has 0 aliphatic rings. The number of rotatable bonds is 5. The van der Waals surface area contributed by atoms with E-state index in [4.69, 9.17) is 0 Å². The SMILES string of the molecule is Cc1ccc(-n2c(SC(C)C(=O)Nc3ccc(F)c(F)c3)nc3ccccc3c2=O)cc1. The van der Waals surface area contributed by atoms with Gasteiger partial charge in [0.2, 0.25) is 5.91 Å². The number of nitrogens with zero attached hydrogens (tertiary/aromatic N) is 2. The van der Waals surface area contributed by atoms with Gasteiger partial charge in [0, 0.05) is 11.8 Å². The number of amides is 1. The van der Waals surface area contributed by atoms with Crippen LogP contribution in [0.3, 0.4) is 0 Å². The number of aromatic nitrogens is 2. The number of anilines is 1. The summed E-state index contributed by atoms with van der Waals surface area (Å²) < 4.78 is 28.1. The lowest BCUT2D eigenvalue weighted by Crippen LogP contribution is -2.26. The minimum Gasteiger partial charge on any atom is -0.325 e. The fraction of sp³-hybridized carbons (Fsp3) is 0.125. The monoisotopic (exact) mass is 451 g/mol. The summed E-state index contributed by atoms with van der Waals surface area (Å²) in [5, 5.41) is 2.71. The van der Waals surface area contributed by atoms with Crippen molar-refractivity contribution < 1.29 is 13.6 Å². The second-order valence-electron chi connectivity index (χ2n) is 7.27. The first-order valence-electron chi connectivity index (χ1n) is 9.85. The molecule has 0 bridgehead atoms. The number of fused-ring (bicyclic) bond motifs is 1. The maximum Gasteiger partial charge on any atom is 0.266 e. The summed E-state index contributed by atoms with van der Waals surface area (Å²) in [6, 6.07) is 17.6. The first kappa shape index (κ1) is 21.7. The van der Waals surface area contributed by atoms with Crippen LogP contribution in [0.4, 0.5) is 14.5 Å². The highest BCUT2D eigenvalue weighted by Crippen LogP contribution is 2.26. The molecule has 3 aromatic carbocycles. The number of thioether (sulfide) groups is 1. The minimum atomic E-state index is -1.05. The Bertz CT molecular complexity index is 1370. The van der Waals surface area contributed by atoms with Crippen molar-refractivity contribution in [1.29, 1.82) is 0 Å². The average Bonchev–Trinajstić information content (AvgIpc) is 2.77. The highest BCUT2D eigenvalue weighted by molar-refractivity contribution is 8.00. The standard InChI is InChI=1S/C24H19F2N3O2S/c1-14-7-10-17(11-8-14)29-23(31)18-5-3-4-6-21(18)28-24(29)32-15(2)22(30)27-16-9-12-19(25)20(26)13-16/h3-13,15H,1-2H3,(H,27,30). The molecule has 1 N–H and O–H groups in total. The van der Waals surface area contributed by atoms with E-state index in [9.17, 15) is 18.4 Å². The van der Waals surface area contributed by atoms with E-state index >= 15 is 0 Å². The Morgan fingerprint density at radius 3 is 2.47 bits per heavy atom. The summed E-state index contributed by atoms with van der Waals surface area (Å²) in [5.74, 6) is -2.47. The van der Waals surface area contributed by atoms with Gasteiger partial charge in [-0.25, -0.2) is 13.8 Å². The van der Waals surface area contributed by atoms with Crippen molar-refractivity contribution in [1.82, 2.24) is 9.55 Å². The number of aryl methyl sites for hydroxylation is 1. The zero-order valence-corrected chi connectivity index (χ0v) is 18.1. The van der Waals surface area contributed by atoms with Crippen molar-refractivity contribution in [3.8, 4) is 5.69 Å². The molecule has 4 aromatic rings. The molecule has 0 radical (unpaired) electrons. The molecular formula is C24H19F2N3O2S. The molecule has 0 spiro atoms. The molecule has 32 heavy (non-hydrogen) atoms. The zero-order valence-electron chi connectivity index (χ0n) is 17.3. The quantitative estimate of drug-likeness (QED) is 0.339. The Morgan fingerprint density at radius 2 is 1.75 bits per heavy atom. The Kier molecular flexibility index (Phi) is 6.05. The number of benzene rings is 3. The lowest BCUT2D eigenvalue weighted by atomic mass is 10.2. The fourth-order valence-corrected chi connectivity index (χ4v) is 4.07. The van der Waals surface area contributed by atoms with Crippen LogP contribution < -0.4 is 10.9 Å². The molecule has 162 valence electrons. The van der Waals surface area contributed by atoms with E-state index in [2.05, 4.69) is 10.3 Å². The van der Waals surface area contributed by atoms with Crippen LogP contribution >= 0.6 is 11.8 Å². The van der Waals surface area contributed by atoms with Gasteiger partial charge in [0.25, 0.3) is 5.56 Å². The highest BCUT2D eigenvalue weighted by Gasteiger charge is 2.21. The summed E-state index contributed by atoms with van der Waals surface area (Å²) in [4.78, 5) is 30.6. The molecule has 0 saturated carbocycles. The molecule has 1 unspecified atom stereocenters. The number of para-hydroxylation sites is 1. The van der Waals surface area contributed by atoms with Crippen LogP contribution in [0, 0.1) is 18.6 Å². The molecule has 0 aliphatic carbocycles. The zero-order chi connectivity index (χ0) is 22.8. The summed E-state index contributed by atoms with van der Waals surface area (Å²) in [5.41, 5.74) is 2.11. The van der Waals surface area contributed by atoms with Crippen LogP contribution in [0.1, 0.15) is 12.5 Å². The van der Waals surface area contributed by atoms with E-state index in [0.29, 0.717) is 21.7 Å². The van der Waals surface area contributed by atoms with Crippen molar-refractivity contribution >= 4 is 34.3 Å². The highest BCUT2D eigenvalue weighted by atomic mass is 32.2. The van der Waals surface area contributed by atoms with Gasteiger partial charge in [0.05, 0.1) is 21.8 Å². The number of carbonyl (C=O) groups excluding carboxylic acids is 1. The van der Waals surface area contributed by atoms with Gasteiger partial charge in [-0.1, -0.05) is 41.6 Å². The molecule has 1 aromatic heterocycles.